The van der Waals surface area contributed by atoms with E-state index in [1.807, 2.05) is 72.9 Å². The van der Waals surface area contributed by atoms with Crippen LogP contribution in [0, 0.1) is 0 Å². The molecule has 0 aliphatic carbocycles. The Balaban J connectivity index is 1.57. The number of carbonyl (C=O) groups is 2. The van der Waals surface area contributed by atoms with E-state index in [0.717, 1.165) is 27.9 Å². The van der Waals surface area contributed by atoms with Gasteiger partial charge in [-0.05, 0) is 47.0 Å². The van der Waals surface area contributed by atoms with Crippen LogP contribution in [-0.2, 0) is 9.53 Å². The molecule has 0 bridgehead atoms. The molecule has 34 heavy (non-hydrogen) atoms. The summed E-state index contributed by atoms with van der Waals surface area (Å²) in [4.78, 5) is 29.2. The molecule has 4 aromatic rings. The van der Waals surface area contributed by atoms with Gasteiger partial charge in [-0.2, -0.15) is 0 Å². The molecule has 0 saturated heterocycles. The van der Waals surface area contributed by atoms with Gasteiger partial charge in [0.1, 0.15) is 0 Å². The monoisotopic (exact) mass is 447 g/mol. The zero-order chi connectivity index (χ0) is 23.5. The summed E-state index contributed by atoms with van der Waals surface area (Å²) in [5, 5.41) is 6.33. The fraction of sp³-hybridized carbons (Fsp3) is 0.0357. The van der Waals surface area contributed by atoms with E-state index in [0.29, 0.717) is 22.5 Å². The lowest BCUT2D eigenvalue weighted by molar-refractivity contribution is -0.110. The molecule has 1 amide bonds. The number of methoxy groups -OCH3 is 1. The van der Waals surface area contributed by atoms with Crippen molar-refractivity contribution in [2.75, 3.05) is 17.7 Å². The number of carbonyl (C=O) groups excluding carboxylic acids is 2. The van der Waals surface area contributed by atoms with E-state index in [9.17, 15) is 9.59 Å². The van der Waals surface area contributed by atoms with Crippen LogP contribution >= 0.6 is 0 Å². The first-order valence-corrected chi connectivity index (χ1v) is 10.8. The van der Waals surface area contributed by atoms with Crippen LogP contribution in [0.2, 0.25) is 0 Å². The molecule has 6 heteroatoms. The lowest BCUT2D eigenvalue weighted by Gasteiger charge is -2.15. The van der Waals surface area contributed by atoms with E-state index in [2.05, 4.69) is 15.6 Å². The third-order valence-electron chi connectivity index (χ3n) is 5.65. The Hall–Kier alpha value is -4.71. The number of benzene rings is 3. The van der Waals surface area contributed by atoms with Gasteiger partial charge in [-0.25, -0.2) is 4.79 Å². The second-order valence-corrected chi connectivity index (χ2v) is 7.77. The van der Waals surface area contributed by atoms with Crippen molar-refractivity contribution in [2.24, 2.45) is 0 Å². The third-order valence-corrected chi connectivity index (χ3v) is 5.65. The Morgan fingerprint density at radius 2 is 1.68 bits per heavy atom. The Kier molecular flexibility index (Phi) is 5.62. The van der Waals surface area contributed by atoms with Gasteiger partial charge >= 0.3 is 5.97 Å². The number of hydrogen-bond acceptors (Lipinski definition) is 5. The predicted molar refractivity (Wildman–Crippen MR) is 133 cm³/mol. The first kappa shape index (κ1) is 21.2. The summed E-state index contributed by atoms with van der Waals surface area (Å²) in [6, 6.07) is 26.6. The molecule has 0 fully saturated rings. The molecule has 166 valence electrons. The minimum Gasteiger partial charge on any atom is -0.465 e. The van der Waals surface area contributed by atoms with E-state index < -0.39 is 5.97 Å². The van der Waals surface area contributed by atoms with Gasteiger partial charge in [-0.1, -0.05) is 54.6 Å². The van der Waals surface area contributed by atoms with Crippen molar-refractivity contribution in [2.45, 2.75) is 0 Å². The Morgan fingerprint density at radius 3 is 2.38 bits per heavy atom. The highest BCUT2D eigenvalue weighted by Gasteiger charge is 2.29. The largest absolute Gasteiger partial charge is 0.465 e. The third kappa shape index (κ3) is 4.04. The fourth-order valence-electron chi connectivity index (χ4n) is 3.97. The number of pyridine rings is 1. The minimum absolute atomic E-state index is 0.240. The molecule has 3 aromatic carbocycles. The summed E-state index contributed by atoms with van der Waals surface area (Å²) in [6.45, 7) is 0. The number of hydrogen-bond donors (Lipinski definition) is 2. The van der Waals surface area contributed by atoms with Crippen molar-refractivity contribution in [3.63, 3.8) is 0 Å². The van der Waals surface area contributed by atoms with Crippen LogP contribution in [0.1, 0.15) is 21.5 Å². The van der Waals surface area contributed by atoms with Crippen LogP contribution in [0.15, 0.2) is 97.3 Å². The SMILES string of the molecule is COC(=O)c1ccc2c(c1)NC(=O)/C2=C(\Nc1ccc(-c2cccnc2)cc1)c1ccccc1. The highest BCUT2D eigenvalue weighted by atomic mass is 16.5. The average molecular weight is 447 g/mol. The second-order valence-electron chi connectivity index (χ2n) is 7.77. The highest BCUT2D eigenvalue weighted by molar-refractivity contribution is 6.37. The molecule has 0 spiro atoms. The minimum atomic E-state index is -0.454. The molecule has 2 heterocycles. The zero-order valence-corrected chi connectivity index (χ0v) is 18.4. The molecule has 1 aliphatic rings. The smallest absolute Gasteiger partial charge is 0.337 e. The highest BCUT2D eigenvalue weighted by Crippen LogP contribution is 2.38. The number of aromatic nitrogens is 1. The van der Waals surface area contributed by atoms with E-state index in [-0.39, 0.29) is 5.91 Å². The van der Waals surface area contributed by atoms with E-state index >= 15 is 0 Å². The quantitative estimate of drug-likeness (QED) is 0.313. The molecular formula is C28H21N3O3. The van der Waals surface area contributed by atoms with Crippen LogP contribution < -0.4 is 10.6 Å². The molecule has 0 unspecified atom stereocenters. The zero-order valence-electron chi connectivity index (χ0n) is 18.4. The van der Waals surface area contributed by atoms with E-state index in [1.54, 1.807) is 24.4 Å². The number of nitrogens with one attached hydrogen (secondary N) is 2. The van der Waals surface area contributed by atoms with Gasteiger partial charge in [0.25, 0.3) is 5.91 Å². The topological polar surface area (TPSA) is 80.3 Å². The summed E-state index contributed by atoms with van der Waals surface area (Å²) in [5.41, 5.74) is 6.64. The Morgan fingerprint density at radius 1 is 0.882 bits per heavy atom. The maximum Gasteiger partial charge on any atom is 0.337 e. The van der Waals surface area contributed by atoms with E-state index in [1.165, 1.54) is 7.11 Å². The standard InChI is InChI=1S/C28H21N3O3/c1-34-28(33)20-11-14-23-24(16-20)31-27(32)25(23)26(19-6-3-2-4-7-19)30-22-12-9-18(10-13-22)21-8-5-15-29-17-21/h2-17,30H,1H3,(H,31,32)/b26-25-. The summed E-state index contributed by atoms with van der Waals surface area (Å²) < 4.78 is 4.81. The average Bonchev–Trinajstić information content (AvgIpc) is 3.22. The van der Waals surface area contributed by atoms with Gasteiger partial charge in [0.05, 0.1) is 29.6 Å². The van der Waals surface area contributed by atoms with Crippen LogP contribution in [0.3, 0.4) is 0 Å². The van der Waals surface area contributed by atoms with Crippen LogP contribution in [0.4, 0.5) is 11.4 Å². The molecule has 6 nitrogen and oxygen atoms in total. The molecule has 5 rings (SSSR count). The van der Waals surface area contributed by atoms with Gasteiger partial charge in [-0.15, -0.1) is 0 Å². The number of anilines is 2. The second kappa shape index (κ2) is 9.03. The van der Waals surface area contributed by atoms with Gasteiger partial charge in [0.2, 0.25) is 0 Å². The van der Waals surface area contributed by atoms with Gasteiger partial charge in [0.15, 0.2) is 0 Å². The number of ether oxygens (including phenoxy) is 1. The predicted octanol–water partition coefficient (Wildman–Crippen LogP) is 5.47. The maximum atomic E-state index is 13.1. The van der Waals surface area contributed by atoms with Crippen molar-refractivity contribution < 1.29 is 14.3 Å². The van der Waals surface area contributed by atoms with Crippen LogP contribution in [0.25, 0.3) is 22.4 Å². The first-order valence-electron chi connectivity index (χ1n) is 10.8. The number of fused-ring (bicyclic) bond motifs is 1. The molecule has 0 radical (unpaired) electrons. The molecular weight excluding hydrogens is 426 g/mol. The number of amides is 1. The first-order chi connectivity index (χ1) is 16.6. The van der Waals surface area contributed by atoms with Crippen molar-refractivity contribution in [3.8, 4) is 11.1 Å². The van der Waals surface area contributed by atoms with Gasteiger partial charge < -0.3 is 15.4 Å². The summed E-state index contributed by atoms with van der Waals surface area (Å²) in [6.07, 6.45) is 3.57. The van der Waals surface area contributed by atoms with Crippen molar-refractivity contribution in [3.05, 3.63) is 114 Å². The Labute approximate surface area is 196 Å². The Bertz CT molecular complexity index is 1400. The van der Waals surface area contributed by atoms with Gasteiger partial charge in [0, 0.05) is 23.6 Å². The normalized spacial score (nSPS) is 13.6. The van der Waals surface area contributed by atoms with Crippen LogP contribution in [-0.4, -0.2) is 24.0 Å². The number of esters is 1. The molecule has 1 aromatic heterocycles. The van der Waals surface area contributed by atoms with Gasteiger partial charge in [-0.3, -0.25) is 9.78 Å². The fourth-order valence-corrected chi connectivity index (χ4v) is 3.97. The summed E-state index contributed by atoms with van der Waals surface area (Å²) in [5.74, 6) is -0.694. The van der Waals surface area contributed by atoms with Crippen molar-refractivity contribution in [1.82, 2.24) is 4.98 Å². The number of rotatable bonds is 5. The van der Waals surface area contributed by atoms with Crippen molar-refractivity contribution in [1.29, 1.82) is 0 Å². The van der Waals surface area contributed by atoms with E-state index in [4.69, 9.17) is 4.74 Å². The number of nitrogens with zero attached hydrogens (tertiary/aromatic N) is 1. The van der Waals surface area contributed by atoms with Crippen LogP contribution in [0.5, 0.6) is 0 Å². The maximum absolute atomic E-state index is 13.1. The summed E-state index contributed by atoms with van der Waals surface area (Å²) >= 11 is 0. The summed E-state index contributed by atoms with van der Waals surface area (Å²) in [7, 11) is 1.33. The van der Waals surface area contributed by atoms with Crippen molar-refractivity contribution >= 4 is 34.5 Å². The molecule has 0 atom stereocenters. The molecule has 1 aliphatic heterocycles. The molecule has 0 saturated carbocycles. The lowest BCUT2D eigenvalue weighted by Crippen LogP contribution is -2.10. The lowest BCUT2D eigenvalue weighted by atomic mass is 9.99. The molecule has 2 N–H and O–H groups in total.